The number of H-pyrrole nitrogens is 1. The summed E-state index contributed by atoms with van der Waals surface area (Å²) in [5, 5.41) is 2.93. The maximum Gasteiger partial charge on any atom is 0.387 e. The number of aromatic amines is 1. The highest BCUT2D eigenvalue weighted by Gasteiger charge is 2.09. The van der Waals surface area contributed by atoms with E-state index in [0.29, 0.717) is 22.9 Å². The second-order valence-corrected chi connectivity index (χ2v) is 4.31. The molecular weight excluding hydrogens is 278 g/mol. The number of nitrogens with zero attached hydrogens (tertiary/aromatic N) is 2. The molecule has 3 aromatic rings. The molecule has 0 aliphatic rings. The van der Waals surface area contributed by atoms with E-state index >= 15 is 0 Å². The van der Waals surface area contributed by atoms with Gasteiger partial charge in [-0.25, -0.2) is 9.97 Å². The topological polar surface area (TPSA) is 62.8 Å². The number of hydrogen-bond acceptors (Lipinski definition) is 4. The zero-order valence-electron chi connectivity index (χ0n) is 11.1. The largest absolute Gasteiger partial charge is 0.435 e. The minimum Gasteiger partial charge on any atom is -0.435 e. The van der Waals surface area contributed by atoms with Gasteiger partial charge in [-0.2, -0.15) is 8.78 Å². The van der Waals surface area contributed by atoms with E-state index in [1.165, 1.54) is 12.1 Å². The van der Waals surface area contributed by atoms with Gasteiger partial charge < -0.3 is 15.0 Å². The van der Waals surface area contributed by atoms with Crippen molar-refractivity contribution in [3.05, 3.63) is 36.4 Å². The third-order valence-electron chi connectivity index (χ3n) is 2.93. The lowest BCUT2D eigenvalue weighted by Crippen LogP contribution is -2.01. The van der Waals surface area contributed by atoms with Gasteiger partial charge in [0.1, 0.15) is 17.4 Å². The predicted octanol–water partition coefficient (Wildman–Crippen LogP) is 3.27. The maximum atomic E-state index is 12.2. The zero-order chi connectivity index (χ0) is 14.8. The van der Waals surface area contributed by atoms with Crippen LogP contribution in [0.4, 0.5) is 14.6 Å². The van der Waals surface area contributed by atoms with Crippen molar-refractivity contribution in [2.45, 2.75) is 6.61 Å². The number of alkyl halides is 2. The van der Waals surface area contributed by atoms with Gasteiger partial charge in [-0.05, 0) is 24.3 Å². The number of imidazole rings is 1. The van der Waals surface area contributed by atoms with Crippen LogP contribution < -0.4 is 10.1 Å². The second kappa shape index (κ2) is 5.35. The van der Waals surface area contributed by atoms with Crippen molar-refractivity contribution in [1.29, 1.82) is 0 Å². The first-order valence-corrected chi connectivity index (χ1v) is 6.25. The molecule has 0 atom stereocenters. The molecule has 0 aliphatic carbocycles. The number of anilines is 1. The normalized spacial score (nSPS) is 11.0. The molecule has 0 spiro atoms. The highest BCUT2D eigenvalue weighted by molar-refractivity contribution is 5.77. The van der Waals surface area contributed by atoms with E-state index in [1.54, 1.807) is 19.2 Å². The van der Waals surface area contributed by atoms with E-state index in [1.807, 2.05) is 12.1 Å². The fraction of sp³-hybridized carbons (Fsp3) is 0.143. The average Bonchev–Trinajstić information content (AvgIpc) is 2.89. The van der Waals surface area contributed by atoms with Crippen molar-refractivity contribution < 1.29 is 13.5 Å². The Labute approximate surface area is 119 Å². The molecule has 21 heavy (non-hydrogen) atoms. The van der Waals surface area contributed by atoms with E-state index in [9.17, 15) is 8.78 Å². The molecule has 2 heterocycles. The standard InChI is InChI=1S/C14H12F2N4O/c1-17-11-6-5-10-13(19-11)20-12(18-10)8-3-2-4-9(7-8)21-14(15)16/h2-7,14H,1H3,(H2,17,18,19,20). The Morgan fingerprint density at radius 3 is 2.81 bits per heavy atom. The van der Waals surface area contributed by atoms with Crippen LogP contribution >= 0.6 is 0 Å². The first-order valence-electron chi connectivity index (χ1n) is 6.25. The van der Waals surface area contributed by atoms with Gasteiger partial charge in [0.15, 0.2) is 5.65 Å². The number of aromatic nitrogens is 3. The molecule has 3 rings (SSSR count). The second-order valence-electron chi connectivity index (χ2n) is 4.31. The first kappa shape index (κ1) is 13.3. The van der Waals surface area contributed by atoms with E-state index < -0.39 is 6.61 Å². The molecule has 0 fully saturated rings. The van der Waals surface area contributed by atoms with Gasteiger partial charge in [0.25, 0.3) is 0 Å². The van der Waals surface area contributed by atoms with Crippen LogP contribution in [0.1, 0.15) is 0 Å². The molecule has 0 saturated carbocycles. The number of benzene rings is 1. The van der Waals surface area contributed by atoms with Gasteiger partial charge in [0.05, 0.1) is 5.52 Å². The summed E-state index contributed by atoms with van der Waals surface area (Å²) in [6, 6.07) is 10.0. The summed E-state index contributed by atoms with van der Waals surface area (Å²) in [5.41, 5.74) is 1.97. The number of fused-ring (bicyclic) bond motifs is 1. The number of ether oxygens (including phenoxy) is 1. The molecule has 2 aromatic heterocycles. The van der Waals surface area contributed by atoms with E-state index in [4.69, 9.17) is 0 Å². The Morgan fingerprint density at radius 2 is 2.05 bits per heavy atom. The van der Waals surface area contributed by atoms with Crippen molar-refractivity contribution in [3.8, 4) is 17.1 Å². The van der Waals surface area contributed by atoms with Gasteiger partial charge >= 0.3 is 6.61 Å². The summed E-state index contributed by atoms with van der Waals surface area (Å²) >= 11 is 0. The van der Waals surface area contributed by atoms with E-state index in [-0.39, 0.29) is 5.75 Å². The summed E-state index contributed by atoms with van der Waals surface area (Å²) in [6.45, 7) is -2.85. The summed E-state index contributed by atoms with van der Waals surface area (Å²) in [5.74, 6) is 1.34. The number of halogens is 2. The lowest BCUT2D eigenvalue weighted by atomic mass is 10.2. The van der Waals surface area contributed by atoms with Crippen LogP contribution in [0.2, 0.25) is 0 Å². The van der Waals surface area contributed by atoms with Crippen LogP contribution in [0.15, 0.2) is 36.4 Å². The molecule has 2 N–H and O–H groups in total. The molecule has 0 saturated heterocycles. The average molecular weight is 290 g/mol. The van der Waals surface area contributed by atoms with E-state index in [2.05, 4.69) is 25.0 Å². The van der Waals surface area contributed by atoms with Gasteiger partial charge in [0, 0.05) is 12.6 Å². The quantitative estimate of drug-likeness (QED) is 0.774. The fourth-order valence-electron chi connectivity index (χ4n) is 1.99. The Morgan fingerprint density at radius 1 is 1.19 bits per heavy atom. The van der Waals surface area contributed by atoms with Gasteiger partial charge in [-0.3, -0.25) is 0 Å². The Hall–Kier alpha value is -2.70. The first-order chi connectivity index (χ1) is 10.2. The smallest absolute Gasteiger partial charge is 0.387 e. The van der Waals surface area contributed by atoms with Crippen LogP contribution in [0.25, 0.3) is 22.6 Å². The van der Waals surface area contributed by atoms with Crippen LogP contribution in [-0.2, 0) is 0 Å². The fourth-order valence-corrected chi connectivity index (χ4v) is 1.99. The minimum absolute atomic E-state index is 0.0897. The van der Waals surface area contributed by atoms with Gasteiger partial charge in [0.2, 0.25) is 0 Å². The molecule has 1 aromatic carbocycles. The molecular formula is C14H12F2N4O. The van der Waals surface area contributed by atoms with Crippen LogP contribution in [0.5, 0.6) is 5.75 Å². The molecule has 0 amide bonds. The SMILES string of the molecule is CNc1ccc2[nH]c(-c3cccc(OC(F)F)c3)nc2n1. The van der Waals surface area contributed by atoms with Crippen LogP contribution in [-0.4, -0.2) is 28.6 Å². The molecule has 108 valence electrons. The highest BCUT2D eigenvalue weighted by Crippen LogP contribution is 2.24. The number of hydrogen-bond donors (Lipinski definition) is 2. The lowest BCUT2D eigenvalue weighted by Gasteiger charge is -2.05. The predicted molar refractivity (Wildman–Crippen MR) is 75.5 cm³/mol. The molecule has 0 radical (unpaired) electrons. The summed E-state index contributed by atoms with van der Waals surface area (Å²) < 4.78 is 28.9. The summed E-state index contributed by atoms with van der Waals surface area (Å²) in [4.78, 5) is 11.8. The Balaban J connectivity index is 1.99. The summed E-state index contributed by atoms with van der Waals surface area (Å²) in [6.07, 6.45) is 0. The van der Waals surface area contributed by atoms with Gasteiger partial charge in [-0.1, -0.05) is 12.1 Å². The number of nitrogens with one attached hydrogen (secondary N) is 2. The van der Waals surface area contributed by atoms with Crippen LogP contribution in [0.3, 0.4) is 0 Å². The Bertz CT molecular complexity index is 773. The summed E-state index contributed by atoms with van der Waals surface area (Å²) in [7, 11) is 1.77. The molecule has 0 aliphatic heterocycles. The molecule has 0 bridgehead atoms. The molecule has 0 unspecified atom stereocenters. The van der Waals surface area contributed by atoms with Crippen molar-refractivity contribution in [2.75, 3.05) is 12.4 Å². The zero-order valence-corrected chi connectivity index (χ0v) is 11.1. The molecule has 7 heteroatoms. The van der Waals surface area contributed by atoms with Gasteiger partial charge in [-0.15, -0.1) is 0 Å². The van der Waals surface area contributed by atoms with Crippen LogP contribution in [0, 0.1) is 0 Å². The number of rotatable bonds is 4. The van der Waals surface area contributed by atoms with Crippen molar-refractivity contribution in [3.63, 3.8) is 0 Å². The Kier molecular flexibility index (Phi) is 3.39. The minimum atomic E-state index is -2.85. The van der Waals surface area contributed by atoms with Crippen molar-refractivity contribution >= 4 is 17.0 Å². The third-order valence-corrected chi connectivity index (χ3v) is 2.93. The number of pyridine rings is 1. The highest BCUT2D eigenvalue weighted by atomic mass is 19.3. The van der Waals surface area contributed by atoms with Crippen molar-refractivity contribution in [2.24, 2.45) is 0 Å². The monoisotopic (exact) mass is 290 g/mol. The lowest BCUT2D eigenvalue weighted by molar-refractivity contribution is -0.0498. The van der Waals surface area contributed by atoms with Crippen molar-refractivity contribution in [1.82, 2.24) is 15.0 Å². The third kappa shape index (κ3) is 2.76. The van der Waals surface area contributed by atoms with E-state index in [0.717, 1.165) is 5.52 Å². The molecule has 5 nitrogen and oxygen atoms in total. The maximum absolute atomic E-state index is 12.2.